The zero-order valence-electron chi connectivity index (χ0n) is 15.5. The summed E-state index contributed by atoms with van der Waals surface area (Å²) in [5.74, 6) is 1.59. The molecule has 0 spiro atoms. The van der Waals surface area contributed by atoms with Gasteiger partial charge in [-0.1, -0.05) is 45.6 Å². The molecule has 0 bridgehead atoms. The highest BCUT2D eigenvalue weighted by Gasteiger charge is 2.15. The van der Waals surface area contributed by atoms with Gasteiger partial charge in [0.05, 0.1) is 25.0 Å². The fourth-order valence-corrected chi connectivity index (χ4v) is 2.87. The Bertz CT molecular complexity index is 984. The van der Waals surface area contributed by atoms with E-state index in [1.165, 1.54) is 0 Å². The minimum Gasteiger partial charge on any atom is -0.493 e. The summed E-state index contributed by atoms with van der Waals surface area (Å²) in [4.78, 5) is 5.37. The largest absolute Gasteiger partial charge is 0.493 e. The summed E-state index contributed by atoms with van der Waals surface area (Å²) in [5.41, 5.74) is 2.86. The van der Waals surface area contributed by atoms with Gasteiger partial charge in [-0.3, -0.25) is 0 Å². The topological polar surface area (TPSA) is 66.1 Å². The van der Waals surface area contributed by atoms with Gasteiger partial charge in [0.15, 0.2) is 23.9 Å². The smallest absolute Gasteiger partial charge is 0.177 e. The Hall–Kier alpha value is -2.70. The van der Waals surface area contributed by atoms with Crippen LogP contribution in [0.5, 0.6) is 11.5 Å². The minimum absolute atomic E-state index is 0.128. The molecule has 0 amide bonds. The minimum atomic E-state index is 0.128. The van der Waals surface area contributed by atoms with Crippen molar-refractivity contribution in [2.24, 2.45) is 5.16 Å². The van der Waals surface area contributed by atoms with Crippen LogP contribution in [0.4, 0.5) is 0 Å². The molecule has 0 unspecified atom stereocenters. The fraction of sp³-hybridized carbons (Fsp3) is 0.200. The molecule has 0 aliphatic rings. The molecule has 8 heteroatoms. The van der Waals surface area contributed by atoms with Crippen molar-refractivity contribution in [3.63, 3.8) is 0 Å². The van der Waals surface area contributed by atoms with Crippen LogP contribution in [0.2, 0.25) is 10.0 Å². The van der Waals surface area contributed by atoms with Crippen molar-refractivity contribution < 1.29 is 18.8 Å². The molecule has 1 heterocycles. The zero-order chi connectivity index (χ0) is 20.1. The molecule has 0 fully saturated rings. The molecule has 0 saturated carbocycles. The summed E-state index contributed by atoms with van der Waals surface area (Å²) in [6.07, 6.45) is 0. The number of rotatable bonds is 7. The molecule has 146 valence electrons. The Balaban J connectivity index is 1.71. The summed E-state index contributed by atoms with van der Waals surface area (Å²) in [6.45, 7) is 1.97. The van der Waals surface area contributed by atoms with Gasteiger partial charge >= 0.3 is 0 Å². The normalized spacial score (nSPS) is 11.4. The average molecular weight is 421 g/mol. The number of benzene rings is 2. The Morgan fingerprint density at radius 3 is 2.39 bits per heavy atom. The summed E-state index contributed by atoms with van der Waals surface area (Å²) in [7, 11) is 3.10. The van der Waals surface area contributed by atoms with E-state index in [0.717, 1.165) is 11.3 Å². The van der Waals surface area contributed by atoms with E-state index in [-0.39, 0.29) is 6.61 Å². The quantitative estimate of drug-likeness (QED) is 0.367. The number of halogens is 2. The van der Waals surface area contributed by atoms with E-state index in [1.807, 2.05) is 19.1 Å². The van der Waals surface area contributed by atoms with Gasteiger partial charge in [0, 0.05) is 22.7 Å². The van der Waals surface area contributed by atoms with Gasteiger partial charge in [0.1, 0.15) is 5.69 Å². The number of hydrogen-bond donors (Lipinski definition) is 0. The third-order valence-corrected chi connectivity index (χ3v) is 4.54. The summed E-state index contributed by atoms with van der Waals surface area (Å²) >= 11 is 12.2. The highest BCUT2D eigenvalue weighted by Crippen LogP contribution is 2.38. The van der Waals surface area contributed by atoms with Crippen molar-refractivity contribution in [1.29, 1.82) is 0 Å². The molecule has 0 aliphatic heterocycles. The lowest BCUT2D eigenvalue weighted by atomic mass is 10.1. The molecule has 0 N–H and O–H groups in total. The van der Waals surface area contributed by atoms with Gasteiger partial charge in [-0.2, -0.15) is 0 Å². The van der Waals surface area contributed by atoms with E-state index >= 15 is 0 Å². The second-order valence-electron chi connectivity index (χ2n) is 5.82. The van der Waals surface area contributed by atoms with Crippen molar-refractivity contribution >= 4 is 28.9 Å². The predicted octanol–water partition coefficient (Wildman–Crippen LogP) is 5.61. The number of nitrogens with zero attached hydrogens (tertiary/aromatic N) is 2. The number of ether oxygens (including phenoxy) is 2. The van der Waals surface area contributed by atoms with Crippen molar-refractivity contribution in [2.75, 3.05) is 14.2 Å². The van der Waals surface area contributed by atoms with Crippen LogP contribution < -0.4 is 9.47 Å². The monoisotopic (exact) mass is 420 g/mol. The van der Waals surface area contributed by atoms with Gasteiger partial charge < -0.3 is 18.8 Å². The van der Waals surface area contributed by atoms with E-state index in [4.69, 9.17) is 42.0 Å². The first kappa shape index (κ1) is 20.0. The van der Waals surface area contributed by atoms with E-state index in [2.05, 4.69) is 10.3 Å². The van der Waals surface area contributed by atoms with Crippen molar-refractivity contribution in [2.45, 2.75) is 13.5 Å². The van der Waals surface area contributed by atoms with Crippen LogP contribution in [0, 0.1) is 0 Å². The maximum absolute atomic E-state index is 6.33. The van der Waals surface area contributed by atoms with Crippen molar-refractivity contribution in [1.82, 2.24) is 5.16 Å². The molecular formula is C20H18Cl2N2O4. The van der Waals surface area contributed by atoms with Gasteiger partial charge in [-0.15, -0.1) is 0 Å². The number of hydrogen-bond acceptors (Lipinski definition) is 6. The maximum Gasteiger partial charge on any atom is 0.177 e. The molecule has 0 atom stereocenters. The van der Waals surface area contributed by atoms with Crippen LogP contribution in [0.3, 0.4) is 0 Å². The first-order valence-corrected chi connectivity index (χ1v) is 9.07. The Kier molecular flexibility index (Phi) is 6.44. The van der Waals surface area contributed by atoms with Gasteiger partial charge in [0.25, 0.3) is 0 Å². The highest BCUT2D eigenvalue weighted by atomic mass is 35.5. The fourth-order valence-electron chi connectivity index (χ4n) is 2.49. The van der Waals surface area contributed by atoms with Crippen molar-refractivity contribution in [3.05, 3.63) is 63.8 Å². The number of aromatic nitrogens is 1. The van der Waals surface area contributed by atoms with Crippen LogP contribution >= 0.6 is 23.2 Å². The number of methoxy groups -OCH3 is 2. The highest BCUT2D eigenvalue weighted by molar-refractivity contribution is 6.33. The Labute approximate surface area is 172 Å². The third kappa shape index (κ3) is 4.58. The lowest BCUT2D eigenvalue weighted by Gasteiger charge is -2.10. The van der Waals surface area contributed by atoms with Gasteiger partial charge in [-0.05, 0) is 30.7 Å². The van der Waals surface area contributed by atoms with E-state index in [9.17, 15) is 0 Å². The second kappa shape index (κ2) is 8.99. The van der Waals surface area contributed by atoms with Gasteiger partial charge in [-0.25, -0.2) is 0 Å². The van der Waals surface area contributed by atoms with Crippen LogP contribution in [0.25, 0.3) is 11.3 Å². The molecule has 1 aromatic heterocycles. The molecule has 28 heavy (non-hydrogen) atoms. The summed E-state index contributed by atoms with van der Waals surface area (Å²) in [5, 5.41) is 9.27. The Morgan fingerprint density at radius 2 is 1.71 bits per heavy atom. The van der Waals surface area contributed by atoms with E-state index < -0.39 is 0 Å². The first-order valence-electron chi connectivity index (χ1n) is 8.31. The van der Waals surface area contributed by atoms with E-state index in [0.29, 0.717) is 38.6 Å². The molecule has 2 aromatic carbocycles. The molecule has 0 radical (unpaired) electrons. The maximum atomic E-state index is 6.33. The van der Waals surface area contributed by atoms with Crippen LogP contribution in [-0.4, -0.2) is 25.1 Å². The third-order valence-electron chi connectivity index (χ3n) is 3.98. The average Bonchev–Trinajstić information content (AvgIpc) is 3.16. The molecule has 3 aromatic rings. The zero-order valence-corrected chi connectivity index (χ0v) is 17.0. The molecule has 3 rings (SSSR count). The number of oxime groups is 1. The van der Waals surface area contributed by atoms with Crippen LogP contribution in [0.15, 0.2) is 52.1 Å². The molecule has 6 nitrogen and oxygen atoms in total. The Morgan fingerprint density at radius 1 is 1.04 bits per heavy atom. The standard InChI is InChI=1S/C20H18Cl2N2O4/c1-12(13-4-6-14(21)7-5-13)23-27-11-15-8-18(24-28-15)16-9-19(25-2)20(26-3)10-17(16)22/h4-10H,11H2,1-3H3/b23-12+. The lowest BCUT2D eigenvalue weighted by molar-refractivity contribution is 0.109. The molecule has 0 aliphatic carbocycles. The lowest BCUT2D eigenvalue weighted by Crippen LogP contribution is -1.96. The SMILES string of the molecule is COc1cc(Cl)c(-c2cc(CO/N=C(\C)c3ccc(Cl)cc3)on2)cc1OC. The predicted molar refractivity (Wildman–Crippen MR) is 109 cm³/mol. The van der Waals surface area contributed by atoms with Crippen LogP contribution in [0.1, 0.15) is 18.2 Å². The van der Waals surface area contributed by atoms with E-state index in [1.54, 1.807) is 44.6 Å². The molecule has 0 saturated heterocycles. The summed E-state index contributed by atoms with van der Waals surface area (Å²) in [6, 6.07) is 12.5. The first-order chi connectivity index (χ1) is 13.5. The van der Waals surface area contributed by atoms with Crippen molar-refractivity contribution in [3.8, 4) is 22.8 Å². The molecular weight excluding hydrogens is 403 g/mol. The second-order valence-corrected chi connectivity index (χ2v) is 6.67. The summed E-state index contributed by atoms with van der Waals surface area (Å²) < 4.78 is 15.9. The van der Waals surface area contributed by atoms with Crippen LogP contribution in [-0.2, 0) is 11.4 Å². The van der Waals surface area contributed by atoms with Gasteiger partial charge in [0.2, 0.25) is 0 Å².